The number of carboxylic acids is 1. The highest BCUT2D eigenvalue weighted by Gasteiger charge is 2.24. The third kappa shape index (κ3) is 4.06. The lowest BCUT2D eigenvalue weighted by molar-refractivity contribution is -0.137. The van der Waals surface area contributed by atoms with Crippen molar-refractivity contribution in [3.63, 3.8) is 0 Å². The molecule has 0 atom stereocenters. The molecule has 0 aromatic carbocycles. The molecule has 0 bridgehead atoms. The minimum Gasteiger partial charge on any atom is -0.481 e. The summed E-state index contributed by atoms with van der Waals surface area (Å²) in [4.78, 5) is 26.6. The van der Waals surface area contributed by atoms with E-state index >= 15 is 0 Å². The lowest BCUT2D eigenvalue weighted by Gasteiger charge is -2.25. The minimum absolute atomic E-state index is 0.00403. The van der Waals surface area contributed by atoms with Crippen LogP contribution < -0.4 is 0 Å². The first-order valence-electron chi connectivity index (χ1n) is 7.59. The molecule has 0 spiro atoms. The molecule has 1 heterocycles. The highest BCUT2D eigenvalue weighted by atomic mass is 32.1. The summed E-state index contributed by atoms with van der Waals surface area (Å²) < 4.78 is 0. The molecular weight excluding hydrogens is 286 g/mol. The van der Waals surface area contributed by atoms with Crippen LogP contribution in [0.25, 0.3) is 0 Å². The summed E-state index contributed by atoms with van der Waals surface area (Å²) in [5, 5.41) is 10.8. The molecule has 0 aliphatic heterocycles. The lowest BCUT2D eigenvalue weighted by Crippen LogP contribution is -2.36. The maximum Gasteiger partial charge on any atom is 0.305 e. The molecule has 0 unspecified atom stereocenters. The number of fused-ring (bicyclic) bond motifs is 1. The van der Waals surface area contributed by atoms with Crippen molar-refractivity contribution in [2.75, 3.05) is 13.1 Å². The molecule has 0 radical (unpaired) electrons. The molecule has 1 amide bonds. The summed E-state index contributed by atoms with van der Waals surface area (Å²) >= 11 is 1.68. The van der Waals surface area contributed by atoms with Gasteiger partial charge in [0, 0.05) is 23.3 Å². The lowest BCUT2D eigenvalue weighted by atomic mass is 9.95. The largest absolute Gasteiger partial charge is 0.481 e. The molecule has 1 aromatic rings. The first kappa shape index (κ1) is 16.0. The number of carbonyl (C=O) groups is 2. The van der Waals surface area contributed by atoms with Gasteiger partial charge >= 0.3 is 5.97 Å². The van der Waals surface area contributed by atoms with E-state index in [1.165, 1.54) is 16.9 Å². The zero-order valence-corrected chi connectivity index (χ0v) is 13.5. The van der Waals surface area contributed by atoms with E-state index in [0.717, 1.165) is 24.8 Å². The summed E-state index contributed by atoms with van der Waals surface area (Å²) in [5.41, 5.74) is 2.01. The van der Waals surface area contributed by atoms with Crippen LogP contribution in [0.5, 0.6) is 0 Å². The quantitative estimate of drug-likeness (QED) is 0.878. The van der Waals surface area contributed by atoms with Crippen molar-refractivity contribution in [2.45, 2.75) is 46.0 Å². The van der Waals surface area contributed by atoms with Crippen LogP contribution in [0.2, 0.25) is 0 Å². The zero-order chi connectivity index (χ0) is 15.4. The fourth-order valence-electron chi connectivity index (χ4n) is 2.79. The van der Waals surface area contributed by atoms with Crippen molar-refractivity contribution >= 4 is 23.2 Å². The monoisotopic (exact) mass is 309 g/mol. The predicted octanol–water partition coefficient (Wildman–Crippen LogP) is 3.20. The maximum atomic E-state index is 12.8. The molecule has 1 aliphatic rings. The summed E-state index contributed by atoms with van der Waals surface area (Å²) in [6, 6.07) is 0. The minimum atomic E-state index is -0.857. The number of hydrogen-bond donors (Lipinski definition) is 1. The van der Waals surface area contributed by atoms with Gasteiger partial charge in [-0.15, -0.1) is 11.3 Å². The van der Waals surface area contributed by atoms with Crippen molar-refractivity contribution in [2.24, 2.45) is 5.92 Å². The Hall–Kier alpha value is -1.36. The summed E-state index contributed by atoms with van der Waals surface area (Å²) in [6.07, 6.45) is 4.41. The van der Waals surface area contributed by atoms with E-state index in [1.54, 1.807) is 16.2 Å². The van der Waals surface area contributed by atoms with Gasteiger partial charge in [-0.1, -0.05) is 13.8 Å². The molecule has 0 saturated heterocycles. The van der Waals surface area contributed by atoms with Crippen molar-refractivity contribution in [1.29, 1.82) is 0 Å². The number of carboxylic acid groups (broad SMARTS) is 1. The van der Waals surface area contributed by atoms with Gasteiger partial charge in [-0.05, 0) is 37.2 Å². The van der Waals surface area contributed by atoms with Gasteiger partial charge in [0.05, 0.1) is 12.0 Å². The van der Waals surface area contributed by atoms with E-state index in [4.69, 9.17) is 5.11 Å². The molecule has 0 fully saturated rings. The average molecular weight is 309 g/mol. The Bertz CT molecular complexity index is 522. The van der Waals surface area contributed by atoms with Crippen LogP contribution in [-0.4, -0.2) is 35.0 Å². The third-order valence-corrected chi connectivity index (χ3v) is 4.85. The molecule has 116 valence electrons. The van der Waals surface area contributed by atoms with Gasteiger partial charge in [0.2, 0.25) is 0 Å². The van der Waals surface area contributed by atoms with Gasteiger partial charge < -0.3 is 10.0 Å². The summed E-state index contributed by atoms with van der Waals surface area (Å²) in [5.74, 6) is -0.523. The van der Waals surface area contributed by atoms with E-state index in [-0.39, 0.29) is 18.9 Å². The SMILES string of the molecule is CC(C)CN(CCC(=O)O)C(=O)c1csc2c1CCCC2. The molecular formula is C16H23NO3S. The van der Waals surface area contributed by atoms with Crippen molar-refractivity contribution in [3.05, 3.63) is 21.4 Å². The average Bonchev–Trinajstić information content (AvgIpc) is 2.86. The van der Waals surface area contributed by atoms with Crippen LogP contribution in [0.4, 0.5) is 0 Å². The van der Waals surface area contributed by atoms with Crippen molar-refractivity contribution in [1.82, 2.24) is 4.90 Å². The van der Waals surface area contributed by atoms with Gasteiger partial charge in [-0.3, -0.25) is 9.59 Å². The Morgan fingerprint density at radius 2 is 2.05 bits per heavy atom. The van der Waals surface area contributed by atoms with E-state index in [9.17, 15) is 9.59 Å². The summed E-state index contributed by atoms with van der Waals surface area (Å²) in [6.45, 7) is 4.99. The number of thiophene rings is 1. The van der Waals surface area contributed by atoms with Crippen LogP contribution in [0.15, 0.2) is 5.38 Å². The van der Waals surface area contributed by atoms with Gasteiger partial charge in [-0.25, -0.2) is 0 Å². The van der Waals surface area contributed by atoms with Gasteiger partial charge in [0.25, 0.3) is 5.91 Å². The van der Waals surface area contributed by atoms with Gasteiger partial charge in [0.1, 0.15) is 0 Å². The predicted molar refractivity (Wildman–Crippen MR) is 84.0 cm³/mol. The number of aryl methyl sites for hydroxylation is 1. The number of rotatable bonds is 6. The number of aliphatic carboxylic acids is 1. The second kappa shape index (κ2) is 7.07. The molecule has 1 aromatic heterocycles. The Morgan fingerprint density at radius 1 is 1.33 bits per heavy atom. The standard InChI is InChI=1S/C16H23NO3S/c1-11(2)9-17(8-7-15(18)19)16(20)13-10-21-14-6-4-3-5-12(13)14/h10-11H,3-9H2,1-2H3,(H,18,19). The molecule has 5 heteroatoms. The van der Waals surface area contributed by atoms with Crippen molar-refractivity contribution < 1.29 is 14.7 Å². The third-order valence-electron chi connectivity index (χ3n) is 3.76. The molecule has 21 heavy (non-hydrogen) atoms. The van der Waals surface area contributed by atoms with Crippen LogP contribution in [-0.2, 0) is 17.6 Å². The summed E-state index contributed by atoms with van der Waals surface area (Å²) in [7, 11) is 0. The number of carbonyl (C=O) groups excluding carboxylic acids is 1. The Morgan fingerprint density at radius 3 is 2.71 bits per heavy atom. The normalized spacial score (nSPS) is 14.0. The smallest absolute Gasteiger partial charge is 0.305 e. The van der Waals surface area contributed by atoms with Crippen LogP contribution in [0.3, 0.4) is 0 Å². The van der Waals surface area contributed by atoms with E-state index in [0.29, 0.717) is 12.5 Å². The fourth-order valence-corrected chi connectivity index (χ4v) is 3.91. The molecule has 4 nitrogen and oxygen atoms in total. The Balaban J connectivity index is 2.16. The Kier molecular flexibility index (Phi) is 5.39. The topological polar surface area (TPSA) is 57.6 Å². The van der Waals surface area contributed by atoms with Crippen LogP contribution in [0.1, 0.15) is 53.9 Å². The van der Waals surface area contributed by atoms with Crippen LogP contribution >= 0.6 is 11.3 Å². The number of amides is 1. The van der Waals surface area contributed by atoms with Gasteiger partial charge in [0.15, 0.2) is 0 Å². The maximum absolute atomic E-state index is 12.8. The van der Waals surface area contributed by atoms with E-state index in [2.05, 4.69) is 0 Å². The fraction of sp³-hybridized carbons (Fsp3) is 0.625. The second-order valence-corrected chi connectivity index (χ2v) is 7.01. The highest BCUT2D eigenvalue weighted by Crippen LogP contribution is 2.31. The number of nitrogens with zero attached hydrogens (tertiary/aromatic N) is 1. The Labute approximate surface area is 129 Å². The molecule has 2 rings (SSSR count). The first-order valence-corrected chi connectivity index (χ1v) is 8.47. The van der Waals surface area contributed by atoms with Crippen molar-refractivity contribution in [3.8, 4) is 0 Å². The molecule has 0 saturated carbocycles. The second-order valence-electron chi connectivity index (χ2n) is 6.05. The van der Waals surface area contributed by atoms with Crippen LogP contribution in [0, 0.1) is 5.92 Å². The van der Waals surface area contributed by atoms with E-state index < -0.39 is 5.97 Å². The highest BCUT2D eigenvalue weighted by molar-refractivity contribution is 7.10. The van der Waals surface area contributed by atoms with E-state index in [1.807, 2.05) is 19.2 Å². The number of hydrogen-bond acceptors (Lipinski definition) is 3. The van der Waals surface area contributed by atoms with Gasteiger partial charge in [-0.2, -0.15) is 0 Å². The molecule has 1 N–H and O–H groups in total. The first-order chi connectivity index (χ1) is 9.99. The zero-order valence-electron chi connectivity index (χ0n) is 12.7. The molecule has 1 aliphatic carbocycles.